The number of hydrogen-bond donors (Lipinski definition) is 1. The van der Waals surface area contributed by atoms with Crippen LogP contribution in [0.15, 0.2) is 0 Å². The van der Waals surface area contributed by atoms with E-state index >= 15 is 0 Å². The average Bonchev–Trinajstić information content (AvgIpc) is 2.73. The van der Waals surface area contributed by atoms with Crippen LogP contribution in [0.4, 0.5) is 0 Å². The van der Waals surface area contributed by atoms with E-state index in [0.29, 0.717) is 12.8 Å². The Labute approximate surface area is 99.8 Å². The van der Waals surface area contributed by atoms with Crippen LogP contribution in [-0.2, 0) is 14.4 Å². The van der Waals surface area contributed by atoms with E-state index in [4.69, 9.17) is 5.11 Å². The van der Waals surface area contributed by atoms with Gasteiger partial charge in [-0.15, -0.1) is 0 Å². The smallest absolute Gasteiger partial charge is 0.306 e. The molecule has 0 aromatic rings. The number of imide groups is 1. The predicted octanol–water partition coefficient (Wildman–Crippen LogP) is 0.882. The SMILES string of the molecule is CC(CCN1C(=O)C2CCC(C2)C1=O)C(=O)O. The van der Waals surface area contributed by atoms with E-state index < -0.39 is 11.9 Å². The number of rotatable bonds is 4. The van der Waals surface area contributed by atoms with Crippen LogP contribution >= 0.6 is 0 Å². The number of aliphatic carboxylic acids is 1. The van der Waals surface area contributed by atoms with Crippen molar-refractivity contribution in [3.63, 3.8) is 0 Å². The van der Waals surface area contributed by atoms with Crippen molar-refractivity contribution in [2.45, 2.75) is 32.6 Å². The highest BCUT2D eigenvalue weighted by atomic mass is 16.4. The van der Waals surface area contributed by atoms with Crippen molar-refractivity contribution in [3.8, 4) is 0 Å². The standard InChI is InChI=1S/C12H17NO4/c1-7(12(16)17)4-5-13-10(14)8-2-3-9(6-8)11(13)15/h7-9H,2-6H2,1H3,(H,16,17). The van der Waals surface area contributed by atoms with E-state index in [9.17, 15) is 14.4 Å². The third kappa shape index (κ3) is 2.18. The van der Waals surface area contributed by atoms with Gasteiger partial charge in [0.2, 0.25) is 11.8 Å². The molecule has 1 aliphatic carbocycles. The lowest BCUT2D eigenvalue weighted by atomic mass is 9.96. The number of hydrogen-bond acceptors (Lipinski definition) is 3. The summed E-state index contributed by atoms with van der Waals surface area (Å²) in [6, 6.07) is 0. The maximum Gasteiger partial charge on any atom is 0.306 e. The van der Waals surface area contributed by atoms with E-state index in [1.54, 1.807) is 6.92 Å². The molecule has 3 atom stereocenters. The second-order valence-electron chi connectivity index (χ2n) is 5.06. The number of nitrogens with zero attached hydrogens (tertiary/aromatic N) is 1. The van der Waals surface area contributed by atoms with E-state index in [-0.39, 0.29) is 30.2 Å². The second-order valence-corrected chi connectivity index (χ2v) is 5.06. The minimum absolute atomic E-state index is 0.00201. The van der Waals surface area contributed by atoms with Crippen LogP contribution in [0.1, 0.15) is 32.6 Å². The number of carbonyl (C=O) groups is 3. The number of carbonyl (C=O) groups excluding carboxylic acids is 2. The van der Waals surface area contributed by atoms with Crippen LogP contribution in [0, 0.1) is 17.8 Å². The summed E-state index contributed by atoms with van der Waals surface area (Å²) in [7, 11) is 0. The molecule has 17 heavy (non-hydrogen) atoms. The highest BCUT2D eigenvalue weighted by Crippen LogP contribution is 2.38. The summed E-state index contributed by atoms with van der Waals surface area (Å²) in [5.41, 5.74) is 0. The molecule has 1 aliphatic heterocycles. The number of piperidine rings is 1. The topological polar surface area (TPSA) is 74.7 Å². The van der Waals surface area contributed by atoms with Crippen molar-refractivity contribution in [1.29, 1.82) is 0 Å². The van der Waals surface area contributed by atoms with Gasteiger partial charge in [0.15, 0.2) is 0 Å². The lowest BCUT2D eigenvalue weighted by molar-refractivity contribution is -0.154. The van der Waals surface area contributed by atoms with Gasteiger partial charge in [-0.25, -0.2) is 0 Å². The molecule has 2 amide bonds. The first kappa shape index (κ1) is 12.1. The van der Waals surface area contributed by atoms with Crippen molar-refractivity contribution < 1.29 is 19.5 Å². The van der Waals surface area contributed by atoms with Crippen LogP contribution in [0.2, 0.25) is 0 Å². The maximum absolute atomic E-state index is 11.9. The lowest BCUT2D eigenvalue weighted by Gasteiger charge is -2.30. The van der Waals surface area contributed by atoms with E-state index in [1.807, 2.05) is 0 Å². The summed E-state index contributed by atoms with van der Waals surface area (Å²) in [5.74, 6) is -1.60. The van der Waals surface area contributed by atoms with E-state index in [2.05, 4.69) is 0 Å². The normalized spacial score (nSPS) is 29.6. The van der Waals surface area contributed by atoms with Gasteiger partial charge in [-0.3, -0.25) is 19.3 Å². The van der Waals surface area contributed by atoms with E-state index in [1.165, 1.54) is 4.90 Å². The number of carboxylic acids is 1. The molecule has 0 spiro atoms. The van der Waals surface area contributed by atoms with Crippen molar-refractivity contribution in [1.82, 2.24) is 4.90 Å². The number of likely N-dealkylation sites (tertiary alicyclic amines) is 1. The van der Waals surface area contributed by atoms with Crippen molar-refractivity contribution >= 4 is 17.8 Å². The van der Waals surface area contributed by atoms with E-state index in [0.717, 1.165) is 12.8 Å². The van der Waals surface area contributed by atoms with Gasteiger partial charge in [0.05, 0.1) is 5.92 Å². The first-order valence-electron chi connectivity index (χ1n) is 6.08. The largest absolute Gasteiger partial charge is 0.481 e. The second kappa shape index (κ2) is 4.47. The Morgan fingerprint density at radius 2 is 1.88 bits per heavy atom. The number of carboxylic acid groups (broad SMARTS) is 1. The van der Waals surface area contributed by atoms with Crippen LogP contribution < -0.4 is 0 Å². The van der Waals surface area contributed by atoms with Gasteiger partial charge < -0.3 is 5.11 Å². The number of amides is 2. The summed E-state index contributed by atoms with van der Waals surface area (Å²) in [6.45, 7) is 1.84. The van der Waals surface area contributed by atoms with Crippen molar-refractivity contribution in [2.75, 3.05) is 6.54 Å². The average molecular weight is 239 g/mol. The molecule has 2 aliphatic rings. The highest BCUT2D eigenvalue weighted by molar-refractivity contribution is 6.00. The molecule has 2 bridgehead atoms. The molecular formula is C12H17NO4. The molecule has 1 N–H and O–H groups in total. The van der Waals surface area contributed by atoms with Gasteiger partial charge in [0, 0.05) is 18.4 Å². The monoisotopic (exact) mass is 239 g/mol. The van der Waals surface area contributed by atoms with Crippen molar-refractivity contribution in [2.24, 2.45) is 17.8 Å². The Balaban J connectivity index is 1.98. The third-order valence-electron chi connectivity index (χ3n) is 3.87. The Bertz CT molecular complexity index is 344. The van der Waals surface area contributed by atoms with Crippen LogP contribution in [0.3, 0.4) is 0 Å². The molecule has 5 nitrogen and oxygen atoms in total. The fourth-order valence-electron chi connectivity index (χ4n) is 2.65. The zero-order chi connectivity index (χ0) is 12.6. The van der Waals surface area contributed by atoms with Gasteiger partial charge in [0.25, 0.3) is 0 Å². The highest BCUT2D eigenvalue weighted by Gasteiger charge is 2.44. The molecule has 0 radical (unpaired) electrons. The first-order valence-corrected chi connectivity index (χ1v) is 6.08. The Hall–Kier alpha value is -1.39. The Kier molecular flexibility index (Phi) is 3.17. The van der Waals surface area contributed by atoms with Crippen molar-refractivity contribution in [3.05, 3.63) is 0 Å². The van der Waals surface area contributed by atoms with Crippen LogP contribution in [0.25, 0.3) is 0 Å². The first-order chi connectivity index (χ1) is 8.00. The molecular weight excluding hydrogens is 222 g/mol. The molecule has 1 heterocycles. The summed E-state index contributed by atoms with van der Waals surface area (Å²) >= 11 is 0. The Morgan fingerprint density at radius 1 is 1.35 bits per heavy atom. The molecule has 2 fully saturated rings. The molecule has 0 aromatic heterocycles. The number of fused-ring (bicyclic) bond motifs is 2. The minimum atomic E-state index is -0.884. The van der Waals surface area contributed by atoms with Gasteiger partial charge >= 0.3 is 5.97 Å². The zero-order valence-corrected chi connectivity index (χ0v) is 9.89. The maximum atomic E-state index is 11.9. The molecule has 3 unspecified atom stereocenters. The van der Waals surface area contributed by atoms with Gasteiger partial charge in [-0.1, -0.05) is 6.92 Å². The fourth-order valence-corrected chi connectivity index (χ4v) is 2.65. The minimum Gasteiger partial charge on any atom is -0.481 e. The quantitative estimate of drug-likeness (QED) is 0.739. The summed E-state index contributed by atoms with van der Waals surface area (Å²) in [4.78, 5) is 35.8. The summed E-state index contributed by atoms with van der Waals surface area (Å²) in [6.07, 6.45) is 2.65. The fraction of sp³-hybridized carbons (Fsp3) is 0.750. The Morgan fingerprint density at radius 3 is 2.35 bits per heavy atom. The summed E-state index contributed by atoms with van der Waals surface area (Å²) in [5, 5.41) is 8.77. The summed E-state index contributed by atoms with van der Waals surface area (Å²) < 4.78 is 0. The molecule has 1 saturated heterocycles. The lowest BCUT2D eigenvalue weighted by Crippen LogP contribution is -2.47. The molecule has 94 valence electrons. The molecule has 0 aromatic carbocycles. The molecule has 2 rings (SSSR count). The van der Waals surface area contributed by atoms with Gasteiger partial charge in [-0.2, -0.15) is 0 Å². The zero-order valence-electron chi connectivity index (χ0n) is 9.89. The predicted molar refractivity (Wildman–Crippen MR) is 59.0 cm³/mol. The van der Waals surface area contributed by atoms with Crippen LogP contribution in [-0.4, -0.2) is 34.3 Å². The molecule has 5 heteroatoms. The van der Waals surface area contributed by atoms with Gasteiger partial charge in [0.1, 0.15) is 0 Å². The third-order valence-corrected chi connectivity index (χ3v) is 3.87. The van der Waals surface area contributed by atoms with Crippen LogP contribution in [0.5, 0.6) is 0 Å². The van der Waals surface area contributed by atoms with Gasteiger partial charge in [-0.05, 0) is 25.7 Å². The molecule has 1 saturated carbocycles.